The van der Waals surface area contributed by atoms with E-state index in [4.69, 9.17) is 14.4 Å². The highest BCUT2D eigenvalue weighted by Crippen LogP contribution is 2.38. The van der Waals surface area contributed by atoms with Crippen molar-refractivity contribution in [3.8, 4) is 27.9 Å². The van der Waals surface area contributed by atoms with Crippen LogP contribution in [-0.2, 0) is 0 Å². The second-order valence-electron chi connectivity index (χ2n) is 14.7. The van der Waals surface area contributed by atoms with Crippen molar-refractivity contribution < 1.29 is 4.42 Å². The van der Waals surface area contributed by atoms with Gasteiger partial charge in [-0.05, 0) is 107 Å². The molecule has 0 amide bonds. The second kappa shape index (κ2) is 11.5. The van der Waals surface area contributed by atoms with Crippen molar-refractivity contribution in [2.24, 2.45) is 0 Å². The molecule has 13 rings (SSSR count). The fourth-order valence-electron chi connectivity index (χ4n) is 8.93. The quantitative estimate of drug-likeness (QED) is 0.181. The predicted molar refractivity (Wildman–Crippen MR) is 236 cm³/mol. The third-order valence-corrected chi connectivity index (χ3v) is 12.4. The molecule has 0 spiro atoms. The van der Waals surface area contributed by atoms with Gasteiger partial charge in [0.1, 0.15) is 11.2 Å². The Kier molecular flexibility index (Phi) is 6.23. The number of rotatable bonds is 3. The minimum Gasteiger partial charge on any atom is -0.456 e. The minimum atomic E-state index is 0.877. The van der Waals surface area contributed by atoms with Crippen molar-refractivity contribution >= 4 is 98.1 Å². The first-order valence-electron chi connectivity index (χ1n) is 19.1. The topological polar surface area (TPSA) is 52.7 Å². The molecule has 0 aliphatic carbocycles. The Morgan fingerprint density at radius 2 is 0.895 bits per heavy atom. The summed E-state index contributed by atoms with van der Waals surface area (Å²) in [7, 11) is 0. The molecule has 0 aliphatic heterocycles. The van der Waals surface area contributed by atoms with Crippen LogP contribution in [-0.4, -0.2) is 23.3 Å². The Hall–Kier alpha value is -7.48. The van der Waals surface area contributed by atoms with Crippen LogP contribution < -0.4 is 0 Å². The first-order chi connectivity index (χ1) is 28.2. The Labute approximate surface area is 328 Å². The lowest BCUT2D eigenvalue weighted by molar-refractivity contribution is 0.669. The monoisotopic (exact) mass is 747 g/mol. The number of benzene rings is 8. The predicted octanol–water partition coefficient (Wildman–Crippen LogP) is 13.4. The summed E-state index contributed by atoms with van der Waals surface area (Å²) in [6.45, 7) is 0. The molecule has 57 heavy (non-hydrogen) atoms. The Morgan fingerprint density at radius 1 is 0.368 bits per heavy atom. The zero-order valence-corrected chi connectivity index (χ0v) is 31.1. The molecule has 0 unspecified atom stereocenters. The Bertz CT molecular complexity index is 3790. The van der Waals surface area contributed by atoms with Crippen LogP contribution in [0, 0.1) is 0 Å². The molecule has 0 bridgehead atoms. The molecule has 13 aromatic rings. The molecule has 5 heterocycles. The third kappa shape index (κ3) is 4.46. The molecule has 0 radical (unpaired) electrons. The maximum atomic E-state index is 6.42. The maximum absolute atomic E-state index is 6.42. The summed E-state index contributed by atoms with van der Waals surface area (Å²) in [5.41, 5.74) is 16.0. The average molecular weight is 748 g/mol. The van der Waals surface area contributed by atoms with E-state index in [0.29, 0.717) is 0 Å². The first kappa shape index (κ1) is 30.8. The van der Waals surface area contributed by atoms with E-state index in [1.54, 1.807) is 11.3 Å². The lowest BCUT2D eigenvalue weighted by Crippen LogP contribution is -1.93. The van der Waals surface area contributed by atoms with E-state index >= 15 is 0 Å². The standard InChI is InChI=1S/C50H29N5OS/c1-5-16-41-35(12-1)36-13-2-6-17-42(36)53(41)34-22-25-48-38(29-34)37-27-32(21-24-47(37)56-48)30-10-9-11-31(26-30)33-20-23-45-46(28-33)55-44-19-8-4-15-40(44)52-50(55)57-49-51-39-14-3-7-18-43(39)54(45)49/h1-29H. The summed E-state index contributed by atoms with van der Waals surface area (Å²) in [4.78, 5) is 11.9. The Morgan fingerprint density at radius 3 is 1.58 bits per heavy atom. The summed E-state index contributed by atoms with van der Waals surface area (Å²) in [5, 5.41) is 4.70. The van der Waals surface area contributed by atoms with Gasteiger partial charge in [0, 0.05) is 27.2 Å². The van der Waals surface area contributed by atoms with Crippen LogP contribution in [0.2, 0.25) is 0 Å². The van der Waals surface area contributed by atoms with E-state index in [0.717, 1.165) is 92.9 Å². The summed E-state index contributed by atoms with van der Waals surface area (Å²) < 4.78 is 13.3. The lowest BCUT2D eigenvalue weighted by Gasteiger charge is -2.09. The molecule has 8 aromatic carbocycles. The number of nitrogens with zero attached hydrogens (tertiary/aromatic N) is 5. The molecule has 7 heteroatoms. The number of fused-ring (bicyclic) bond motifs is 15. The fourth-order valence-corrected chi connectivity index (χ4v) is 9.95. The normalized spacial score (nSPS) is 12.2. The van der Waals surface area contributed by atoms with Gasteiger partial charge in [-0.25, -0.2) is 9.97 Å². The molecular weight excluding hydrogens is 719 g/mol. The van der Waals surface area contributed by atoms with Crippen molar-refractivity contribution in [1.82, 2.24) is 23.3 Å². The van der Waals surface area contributed by atoms with Crippen LogP contribution in [0.5, 0.6) is 0 Å². The molecule has 0 N–H and O–H groups in total. The maximum Gasteiger partial charge on any atom is 0.198 e. The molecule has 5 aromatic heterocycles. The number of aromatic nitrogens is 5. The smallest absolute Gasteiger partial charge is 0.198 e. The van der Waals surface area contributed by atoms with Crippen molar-refractivity contribution in [3.05, 3.63) is 176 Å². The third-order valence-electron chi connectivity index (χ3n) is 11.5. The van der Waals surface area contributed by atoms with Gasteiger partial charge in [0.05, 0.1) is 44.1 Å². The fraction of sp³-hybridized carbons (Fsp3) is 0. The van der Waals surface area contributed by atoms with Crippen LogP contribution >= 0.6 is 11.3 Å². The minimum absolute atomic E-state index is 0.877. The SMILES string of the molecule is c1cc(-c2ccc3oc4ccc(-n5c6ccccc6c6ccccc65)cc4c3c2)cc(-c2ccc3c(c2)n2c(nc4ccccc42)sc2nc4ccccc4n23)c1. The second-order valence-corrected chi connectivity index (χ2v) is 15.6. The van der Waals surface area contributed by atoms with Crippen molar-refractivity contribution in [3.63, 3.8) is 0 Å². The van der Waals surface area contributed by atoms with Gasteiger partial charge in [-0.1, -0.05) is 102 Å². The van der Waals surface area contributed by atoms with Gasteiger partial charge in [0.2, 0.25) is 0 Å². The van der Waals surface area contributed by atoms with E-state index in [-0.39, 0.29) is 0 Å². The largest absolute Gasteiger partial charge is 0.456 e. The highest BCUT2D eigenvalue weighted by molar-refractivity contribution is 7.21. The van der Waals surface area contributed by atoms with E-state index in [1.807, 2.05) is 12.1 Å². The average Bonchev–Trinajstić information content (AvgIpc) is 4.00. The lowest BCUT2D eigenvalue weighted by atomic mass is 9.97. The summed E-state index contributed by atoms with van der Waals surface area (Å²) in [6.07, 6.45) is 0. The molecule has 0 fully saturated rings. The molecule has 266 valence electrons. The molecule has 0 atom stereocenters. The van der Waals surface area contributed by atoms with Gasteiger partial charge in [-0.15, -0.1) is 0 Å². The summed E-state index contributed by atoms with van der Waals surface area (Å²) >= 11 is 1.61. The van der Waals surface area contributed by atoms with Gasteiger partial charge >= 0.3 is 0 Å². The van der Waals surface area contributed by atoms with Crippen molar-refractivity contribution in [2.45, 2.75) is 0 Å². The van der Waals surface area contributed by atoms with Gasteiger partial charge < -0.3 is 8.98 Å². The van der Waals surface area contributed by atoms with E-state index in [2.05, 4.69) is 177 Å². The van der Waals surface area contributed by atoms with E-state index < -0.39 is 0 Å². The number of hydrogen-bond donors (Lipinski definition) is 0. The van der Waals surface area contributed by atoms with E-state index in [1.165, 1.54) is 21.8 Å². The van der Waals surface area contributed by atoms with Gasteiger partial charge in [0.15, 0.2) is 9.92 Å². The van der Waals surface area contributed by atoms with Crippen molar-refractivity contribution in [1.29, 1.82) is 0 Å². The molecule has 0 saturated carbocycles. The molecule has 6 nitrogen and oxygen atoms in total. The summed E-state index contributed by atoms with van der Waals surface area (Å²) in [6, 6.07) is 62.7. The first-order valence-corrected chi connectivity index (χ1v) is 19.9. The van der Waals surface area contributed by atoms with Crippen molar-refractivity contribution in [2.75, 3.05) is 0 Å². The van der Waals surface area contributed by atoms with Gasteiger partial charge in [0.25, 0.3) is 0 Å². The van der Waals surface area contributed by atoms with Gasteiger partial charge in [-0.3, -0.25) is 8.80 Å². The molecule has 0 saturated heterocycles. The molecular formula is C50H29N5OS. The highest BCUT2D eigenvalue weighted by Gasteiger charge is 2.17. The van der Waals surface area contributed by atoms with E-state index in [9.17, 15) is 0 Å². The van der Waals surface area contributed by atoms with Gasteiger partial charge in [-0.2, -0.15) is 0 Å². The van der Waals surface area contributed by atoms with Crippen LogP contribution in [0.15, 0.2) is 180 Å². The highest BCUT2D eigenvalue weighted by atomic mass is 32.1. The number of imidazole rings is 2. The van der Waals surface area contributed by atoms with Crippen LogP contribution in [0.25, 0.3) is 115 Å². The zero-order chi connectivity index (χ0) is 37.2. The number of furan rings is 1. The van der Waals surface area contributed by atoms with Crippen LogP contribution in [0.3, 0.4) is 0 Å². The summed E-state index contributed by atoms with van der Waals surface area (Å²) in [5.74, 6) is 0. The number of para-hydroxylation sites is 6. The Balaban J connectivity index is 0.978. The molecule has 0 aliphatic rings. The number of hydrogen-bond acceptors (Lipinski definition) is 4. The van der Waals surface area contributed by atoms with Crippen LogP contribution in [0.4, 0.5) is 0 Å². The van der Waals surface area contributed by atoms with Crippen LogP contribution in [0.1, 0.15) is 0 Å². The zero-order valence-electron chi connectivity index (χ0n) is 30.3.